The number of nitrogens with one attached hydrogen (secondary N) is 1. The molecule has 0 amide bonds. The van der Waals surface area contributed by atoms with Crippen LogP contribution in [0.5, 0.6) is 5.75 Å². The van der Waals surface area contributed by atoms with E-state index in [2.05, 4.69) is 19.2 Å². The Morgan fingerprint density at radius 3 is 2.89 bits per heavy atom. The molecule has 0 spiro atoms. The SMILES string of the molecule is CC[C@@H](C)NCc1cc(Cl)ccc1OCC(=O)O. The van der Waals surface area contributed by atoms with Crippen LogP contribution in [-0.2, 0) is 11.3 Å². The van der Waals surface area contributed by atoms with E-state index in [-0.39, 0.29) is 6.61 Å². The zero-order valence-corrected chi connectivity index (χ0v) is 11.3. The van der Waals surface area contributed by atoms with Crippen LogP contribution < -0.4 is 10.1 Å². The Balaban J connectivity index is 2.73. The molecule has 0 fully saturated rings. The van der Waals surface area contributed by atoms with Gasteiger partial charge < -0.3 is 15.2 Å². The Morgan fingerprint density at radius 2 is 2.28 bits per heavy atom. The summed E-state index contributed by atoms with van der Waals surface area (Å²) in [6, 6.07) is 5.55. The molecule has 5 heteroatoms. The Labute approximate surface area is 112 Å². The van der Waals surface area contributed by atoms with Crippen molar-refractivity contribution in [3.8, 4) is 5.75 Å². The molecule has 0 aliphatic heterocycles. The average Bonchev–Trinajstić information content (AvgIpc) is 2.34. The lowest BCUT2D eigenvalue weighted by Crippen LogP contribution is -2.25. The number of aliphatic carboxylic acids is 1. The quantitative estimate of drug-likeness (QED) is 0.801. The van der Waals surface area contributed by atoms with E-state index < -0.39 is 5.97 Å². The fraction of sp³-hybridized carbons (Fsp3) is 0.462. The first kappa shape index (κ1) is 14.8. The summed E-state index contributed by atoms with van der Waals surface area (Å²) in [4.78, 5) is 10.5. The molecule has 1 atom stereocenters. The lowest BCUT2D eigenvalue weighted by Gasteiger charge is -2.14. The van der Waals surface area contributed by atoms with Crippen LogP contribution in [0, 0.1) is 0 Å². The summed E-state index contributed by atoms with van der Waals surface area (Å²) in [5.41, 5.74) is 0.865. The van der Waals surface area contributed by atoms with Crippen LogP contribution in [0.25, 0.3) is 0 Å². The van der Waals surface area contributed by atoms with E-state index in [9.17, 15) is 4.79 Å². The Hall–Kier alpha value is -1.26. The highest BCUT2D eigenvalue weighted by atomic mass is 35.5. The third-order valence-electron chi connectivity index (χ3n) is 2.63. The van der Waals surface area contributed by atoms with E-state index in [0.29, 0.717) is 23.4 Å². The Bertz CT molecular complexity index is 409. The first-order valence-corrected chi connectivity index (χ1v) is 6.27. The van der Waals surface area contributed by atoms with Gasteiger partial charge in [0, 0.05) is 23.2 Å². The minimum absolute atomic E-state index is 0.349. The third kappa shape index (κ3) is 4.94. The molecule has 0 radical (unpaired) electrons. The molecule has 0 aliphatic rings. The Kier molecular flexibility index (Phi) is 5.95. The highest BCUT2D eigenvalue weighted by molar-refractivity contribution is 6.30. The van der Waals surface area contributed by atoms with Crippen molar-refractivity contribution in [3.05, 3.63) is 28.8 Å². The van der Waals surface area contributed by atoms with Gasteiger partial charge in [-0.1, -0.05) is 18.5 Å². The van der Waals surface area contributed by atoms with Gasteiger partial charge in [0.2, 0.25) is 0 Å². The molecule has 1 aromatic carbocycles. The summed E-state index contributed by atoms with van der Waals surface area (Å²) in [5.74, 6) is -0.441. The number of rotatable bonds is 7. The highest BCUT2D eigenvalue weighted by Gasteiger charge is 2.08. The molecule has 18 heavy (non-hydrogen) atoms. The summed E-state index contributed by atoms with van der Waals surface area (Å²) in [5, 5.41) is 12.5. The largest absolute Gasteiger partial charge is 0.482 e. The molecule has 0 unspecified atom stereocenters. The van der Waals surface area contributed by atoms with Gasteiger partial charge in [0.05, 0.1) is 0 Å². The molecule has 2 N–H and O–H groups in total. The van der Waals surface area contributed by atoms with Crippen molar-refractivity contribution in [2.24, 2.45) is 0 Å². The maximum absolute atomic E-state index is 10.5. The summed E-state index contributed by atoms with van der Waals surface area (Å²) in [6.45, 7) is 4.43. The fourth-order valence-electron chi connectivity index (χ4n) is 1.39. The molecule has 0 saturated heterocycles. The van der Waals surface area contributed by atoms with Crippen molar-refractivity contribution in [2.75, 3.05) is 6.61 Å². The first-order valence-electron chi connectivity index (χ1n) is 5.89. The van der Waals surface area contributed by atoms with Crippen molar-refractivity contribution in [1.82, 2.24) is 5.32 Å². The summed E-state index contributed by atoms with van der Waals surface area (Å²) >= 11 is 5.93. The number of ether oxygens (including phenoxy) is 1. The van der Waals surface area contributed by atoms with Crippen molar-refractivity contribution in [1.29, 1.82) is 0 Å². The normalized spacial score (nSPS) is 12.2. The van der Waals surface area contributed by atoms with Crippen LogP contribution >= 0.6 is 11.6 Å². The Morgan fingerprint density at radius 1 is 1.56 bits per heavy atom. The molecule has 0 aromatic heterocycles. The number of hydrogen-bond acceptors (Lipinski definition) is 3. The monoisotopic (exact) mass is 271 g/mol. The zero-order chi connectivity index (χ0) is 13.5. The van der Waals surface area contributed by atoms with E-state index in [0.717, 1.165) is 12.0 Å². The van der Waals surface area contributed by atoms with Crippen LogP contribution in [0.3, 0.4) is 0 Å². The predicted molar refractivity (Wildman–Crippen MR) is 71.2 cm³/mol. The molecular formula is C13H18ClNO3. The molecular weight excluding hydrogens is 254 g/mol. The molecule has 0 saturated carbocycles. The number of benzene rings is 1. The number of hydrogen-bond donors (Lipinski definition) is 2. The molecule has 100 valence electrons. The summed E-state index contributed by atoms with van der Waals surface area (Å²) < 4.78 is 5.22. The minimum atomic E-state index is -0.995. The van der Waals surface area contributed by atoms with Crippen molar-refractivity contribution in [3.63, 3.8) is 0 Å². The maximum atomic E-state index is 10.5. The van der Waals surface area contributed by atoms with Crippen molar-refractivity contribution < 1.29 is 14.6 Å². The molecule has 4 nitrogen and oxygen atoms in total. The number of carbonyl (C=O) groups is 1. The maximum Gasteiger partial charge on any atom is 0.341 e. The van der Waals surface area contributed by atoms with E-state index in [1.165, 1.54) is 0 Å². The van der Waals surface area contributed by atoms with Crippen molar-refractivity contribution >= 4 is 17.6 Å². The predicted octanol–water partition coefficient (Wildman–Crippen LogP) is 2.69. The van der Waals surface area contributed by atoms with Crippen LogP contribution in [0.2, 0.25) is 5.02 Å². The van der Waals surface area contributed by atoms with E-state index >= 15 is 0 Å². The first-order chi connectivity index (χ1) is 8.52. The topological polar surface area (TPSA) is 58.6 Å². The minimum Gasteiger partial charge on any atom is -0.482 e. The molecule has 1 rings (SSSR count). The standard InChI is InChI=1S/C13H18ClNO3/c1-3-9(2)15-7-10-6-11(14)4-5-12(10)18-8-13(16)17/h4-6,9,15H,3,7-8H2,1-2H3,(H,16,17)/t9-/m1/s1. The van der Waals surface area contributed by atoms with Crippen LogP contribution in [-0.4, -0.2) is 23.7 Å². The lowest BCUT2D eigenvalue weighted by molar-refractivity contribution is -0.139. The van der Waals surface area contributed by atoms with Gasteiger partial charge in [-0.05, 0) is 31.5 Å². The summed E-state index contributed by atoms with van der Waals surface area (Å²) in [6.07, 6.45) is 1.02. The van der Waals surface area contributed by atoms with Gasteiger partial charge >= 0.3 is 5.97 Å². The van der Waals surface area contributed by atoms with E-state index in [4.69, 9.17) is 21.4 Å². The molecule has 0 aliphatic carbocycles. The van der Waals surface area contributed by atoms with Gasteiger partial charge in [-0.25, -0.2) is 4.79 Å². The number of carboxylic acid groups (broad SMARTS) is 1. The van der Waals surface area contributed by atoms with Gasteiger partial charge in [0.1, 0.15) is 5.75 Å². The van der Waals surface area contributed by atoms with Gasteiger partial charge in [-0.3, -0.25) is 0 Å². The molecule has 0 bridgehead atoms. The van der Waals surface area contributed by atoms with Crippen molar-refractivity contribution in [2.45, 2.75) is 32.9 Å². The third-order valence-corrected chi connectivity index (χ3v) is 2.86. The van der Waals surface area contributed by atoms with Crippen LogP contribution in [0.15, 0.2) is 18.2 Å². The van der Waals surface area contributed by atoms with Gasteiger partial charge in [-0.15, -0.1) is 0 Å². The van der Waals surface area contributed by atoms with Gasteiger partial charge in [-0.2, -0.15) is 0 Å². The van der Waals surface area contributed by atoms with Gasteiger partial charge in [0.15, 0.2) is 6.61 Å². The fourth-order valence-corrected chi connectivity index (χ4v) is 1.59. The van der Waals surface area contributed by atoms with Gasteiger partial charge in [0.25, 0.3) is 0 Å². The zero-order valence-electron chi connectivity index (χ0n) is 10.6. The van der Waals surface area contributed by atoms with E-state index in [1.807, 2.05) is 0 Å². The second-order valence-corrected chi connectivity index (χ2v) is 4.56. The molecule has 1 aromatic rings. The van der Waals surface area contributed by atoms with E-state index in [1.54, 1.807) is 18.2 Å². The average molecular weight is 272 g/mol. The van der Waals surface area contributed by atoms with Crippen LogP contribution in [0.4, 0.5) is 0 Å². The lowest BCUT2D eigenvalue weighted by atomic mass is 10.1. The second kappa shape index (κ2) is 7.24. The van der Waals surface area contributed by atoms with Crippen LogP contribution in [0.1, 0.15) is 25.8 Å². The summed E-state index contributed by atoms with van der Waals surface area (Å²) in [7, 11) is 0. The number of carboxylic acids is 1. The number of halogens is 1. The smallest absolute Gasteiger partial charge is 0.341 e. The highest BCUT2D eigenvalue weighted by Crippen LogP contribution is 2.23. The second-order valence-electron chi connectivity index (χ2n) is 4.12. The molecule has 0 heterocycles.